The number of ether oxygens (including phenoxy) is 1. The third-order valence-corrected chi connectivity index (χ3v) is 5.79. The molecule has 1 aliphatic heterocycles. The molecule has 0 radical (unpaired) electrons. The first kappa shape index (κ1) is 20.7. The van der Waals surface area contributed by atoms with E-state index >= 15 is 0 Å². The fraction of sp³-hybridized carbons (Fsp3) is 0.474. The maximum Gasteiger partial charge on any atom is 0.265 e. The molecule has 142 valence electrons. The monoisotopic (exact) mass is 395 g/mol. The number of amides is 1. The van der Waals surface area contributed by atoms with E-state index in [1.807, 2.05) is 36.2 Å². The Hall–Kier alpha value is -1.63. The number of benzene rings is 1. The second-order valence-corrected chi connectivity index (χ2v) is 7.42. The molecule has 26 heavy (non-hydrogen) atoms. The molecule has 2 aromatic rings. The van der Waals surface area contributed by atoms with Crippen molar-refractivity contribution in [2.75, 3.05) is 33.8 Å². The smallest absolute Gasteiger partial charge is 0.265 e. The van der Waals surface area contributed by atoms with Gasteiger partial charge in [-0.25, -0.2) is 4.98 Å². The van der Waals surface area contributed by atoms with Crippen LogP contribution in [0.2, 0.25) is 0 Å². The number of hydrogen-bond acceptors (Lipinski definition) is 5. The van der Waals surface area contributed by atoms with Gasteiger partial charge in [0.1, 0.15) is 15.6 Å². The van der Waals surface area contributed by atoms with Crippen molar-refractivity contribution < 1.29 is 9.53 Å². The fourth-order valence-electron chi connectivity index (χ4n) is 3.17. The lowest BCUT2D eigenvalue weighted by molar-refractivity contribution is 0.0692. The molecular weight excluding hydrogens is 370 g/mol. The summed E-state index contributed by atoms with van der Waals surface area (Å²) in [5, 5.41) is 4.08. The van der Waals surface area contributed by atoms with E-state index in [9.17, 15) is 4.79 Å². The Labute approximate surface area is 165 Å². The van der Waals surface area contributed by atoms with Gasteiger partial charge < -0.3 is 15.0 Å². The quantitative estimate of drug-likeness (QED) is 0.810. The molecule has 0 aliphatic carbocycles. The SMILES string of the molecule is CNCCC1CCN(C(=O)c2cnc(-c3ccc(OC)cc3)s2)CC1.Cl. The van der Waals surface area contributed by atoms with E-state index in [1.54, 1.807) is 13.3 Å². The predicted octanol–water partition coefficient (Wildman–Crippen LogP) is 3.70. The predicted molar refractivity (Wildman–Crippen MR) is 109 cm³/mol. The van der Waals surface area contributed by atoms with Crippen LogP contribution in [0.5, 0.6) is 5.75 Å². The van der Waals surface area contributed by atoms with Gasteiger partial charge in [-0.1, -0.05) is 0 Å². The Morgan fingerprint density at radius 1 is 1.31 bits per heavy atom. The van der Waals surface area contributed by atoms with E-state index in [0.29, 0.717) is 0 Å². The van der Waals surface area contributed by atoms with Gasteiger partial charge in [0.2, 0.25) is 0 Å². The van der Waals surface area contributed by atoms with Gasteiger partial charge in [-0.2, -0.15) is 0 Å². The second-order valence-electron chi connectivity index (χ2n) is 6.39. The molecule has 0 spiro atoms. The second kappa shape index (κ2) is 9.90. The molecule has 0 saturated carbocycles. The summed E-state index contributed by atoms with van der Waals surface area (Å²) in [6, 6.07) is 7.76. The maximum atomic E-state index is 12.7. The molecule has 5 nitrogen and oxygen atoms in total. The number of piperidine rings is 1. The minimum absolute atomic E-state index is 0. The lowest BCUT2D eigenvalue weighted by Gasteiger charge is -2.31. The highest BCUT2D eigenvalue weighted by Crippen LogP contribution is 2.29. The number of carbonyl (C=O) groups excluding carboxylic acids is 1. The summed E-state index contributed by atoms with van der Waals surface area (Å²) in [6.45, 7) is 2.75. The molecule has 0 bridgehead atoms. The summed E-state index contributed by atoms with van der Waals surface area (Å²) in [6.07, 6.45) is 5.09. The van der Waals surface area contributed by atoms with Crippen molar-refractivity contribution in [2.24, 2.45) is 5.92 Å². The summed E-state index contributed by atoms with van der Waals surface area (Å²) in [5.74, 6) is 1.66. The molecule has 1 aromatic heterocycles. The van der Waals surface area contributed by atoms with Gasteiger partial charge in [0.15, 0.2) is 0 Å². The summed E-state index contributed by atoms with van der Waals surface area (Å²) in [4.78, 5) is 19.9. The van der Waals surface area contributed by atoms with Crippen molar-refractivity contribution in [2.45, 2.75) is 19.3 Å². The van der Waals surface area contributed by atoms with Gasteiger partial charge in [-0.15, -0.1) is 23.7 Å². The Morgan fingerprint density at radius 3 is 2.62 bits per heavy atom. The third kappa shape index (κ3) is 4.96. The molecule has 1 fully saturated rings. The zero-order valence-electron chi connectivity index (χ0n) is 15.2. The van der Waals surface area contributed by atoms with Crippen LogP contribution in [0.4, 0.5) is 0 Å². The lowest BCUT2D eigenvalue weighted by atomic mass is 9.93. The Bertz CT molecular complexity index is 697. The van der Waals surface area contributed by atoms with Crippen molar-refractivity contribution in [3.8, 4) is 16.3 Å². The molecule has 0 unspecified atom stereocenters. The van der Waals surface area contributed by atoms with E-state index in [1.165, 1.54) is 17.8 Å². The summed E-state index contributed by atoms with van der Waals surface area (Å²) < 4.78 is 5.18. The number of thiazole rings is 1. The van der Waals surface area contributed by atoms with Crippen molar-refractivity contribution in [3.05, 3.63) is 35.3 Å². The largest absolute Gasteiger partial charge is 0.497 e. The average molecular weight is 396 g/mol. The van der Waals surface area contributed by atoms with Crippen LogP contribution >= 0.6 is 23.7 Å². The molecule has 1 saturated heterocycles. The van der Waals surface area contributed by atoms with Crippen LogP contribution in [0.15, 0.2) is 30.5 Å². The normalized spacial score (nSPS) is 14.8. The Morgan fingerprint density at radius 2 is 2.00 bits per heavy atom. The van der Waals surface area contributed by atoms with Crippen LogP contribution in [0.25, 0.3) is 10.6 Å². The number of methoxy groups -OCH3 is 1. The van der Waals surface area contributed by atoms with Gasteiger partial charge in [-0.05, 0) is 63.0 Å². The first-order valence-corrected chi connectivity index (χ1v) is 9.57. The van der Waals surface area contributed by atoms with Gasteiger partial charge in [0.25, 0.3) is 5.91 Å². The van der Waals surface area contributed by atoms with Crippen LogP contribution in [-0.2, 0) is 0 Å². The Kier molecular flexibility index (Phi) is 7.87. The van der Waals surface area contributed by atoms with Crippen molar-refractivity contribution in [1.82, 2.24) is 15.2 Å². The molecule has 2 heterocycles. The number of halogens is 1. The van der Waals surface area contributed by atoms with E-state index < -0.39 is 0 Å². The number of nitrogens with one attached hydrogen (secondary N) is 1. The van der Waals surface area contributed by atoms with E-state index in [0.717, 1.165) is 59.6 Å². The first-order chi connectivity index (χ1) is 12.2. The fourth-order valence-corrected chi connectivity index (χ4v) is 4.06. The Balaban J connectivity index is 0.00000243. The molecule has 1 aromatic carbocycles. The van der Waals surface area contributed by atoms with Gasteiger partial charge in [0, 0.05) is 18.7 Å². The molecule has 0 atom stereocenters. The third-order valence-electron chi connectivity index (χ3n) is 4.76. The zero-order valence-corrected chi connectivity index (χ0v) is 16.9. The number of rotatable bonds is 6. The van der Waals surface area contributed by atoms with Gasteiger partial charge in [-0.3, -0.25) is 4.79 Å². The molecule has 1 N–H and O–H groups in total. The summed E-state index contributed by atoms with van der Waals surface area (Å²) >= 11 is 1.46. The molecule has 1 amide bonds. The number of hydrogen-bond donors (Lipinski definition) is 1. The van der Waals surface area contributed by atoms with Crippen LogP contribution in [0, 0.1) is 5.92 Å². The highest BCUT2D eigenvalue weighted by Gasteiger charge is 2.24. The molecular formula is C19H26ClN3O2S. The van der Waals surface area contributed by atoms with Crippen LogP contribution in [0.1, 0.15) is 28.9 Å². The van der Waals surface area contributed by atoms with Gasteiger partial charge in [0.05, 0.1) is 13.3 Å². The number of carbonyl (C=O) groups is 1. The van der Waals surface area contributed by atoms with Gasteiger partial charge >= 0.3 is 0 Å². The molecule has 7 heteroatoms. The van der Waals surface area contributed by atoms with E-state index in [2.05, 4.69) is 10.3 Å². The lowest BCUT2D eigenvalue weighted by Crippen LogP contribution is -2.38. The summed E-state index contributed by atoms with van der Waals surface area (Å²) in [5.41, 5.74) is 1.01. The van der Waals surface area contributed by atoms with E-state index in [-0.39, 0.29) is 18.3 Å². The number of nitrogens with zero attached hydrogens (tertiary/aromatic N) is 2. The average Bonchev–Trinajstić information content (AvgIpc) is 3.16. The summed E-state index contributed by atoms with van der Waals surface area (Å²) in [7, 11) is 3.64. The minimum atomic E-state index is 0. The van der Waals surface area contributed by atoms with Crippen LogP contribution in [0.3, 0.4) is 0 Å². The zero-order chi connectivity index (χ0) is 17.6. The van der Waals surface area contributed by atoms with Crippen molar-refractivity contribution >= 4 is 29.7 Å². The highest BCUT2D eigenvalue weighted by molar-refractivity contribution is 7.16. The van der Waals surface area contributed by atoms with Crippen LogP contribution in [-0.4, -0.2) is 49.6 Å². The first-order valence-electron chi connectivity index (χ1n) is 8.75. The number of likely N-dealkylation sites (tertiary alicyclic amines) is 1. The maximum absolute atomic E-state index is 12.7. The standard InChI is InChI=1S/C19H25N3O2S.ClH/c1-20-10-7-14-8-11-22(12-9-14)19(23)17-13-21-18(25-17)15-3-5-16(24-2)6-4-15;/h3-6,13-14,20H,7-12H2,1-2H3;1H. The van der Waals surface area contributed by atoms with E-state index in [4.69, 9.17) is 4.74 Å². The molecule has 3 rings (SSSR count). The molecule has 1 aliphatic rings. The minimum Gasteiger partial charge on any atom is -0.497 e. The highest BCUT2D eigenvalue weighted by atomic mass is 35.5. The van der Waals surface area contributed by atoms with Crippen molar-refractivity contribution in [1.29, 1.82) is 0 Å². The topological polar surface area (TPSA) is 54.5 Å². The van der Waals surface area contributed by atoms with Crippen LogP contribution < -0.4 is 10.1 Å². The number of aromatic nitrogens is 1. The van der Waals surface area contributed by atoms with Crippen molar-refractivity contribution in [3.63, 3.8) is 0 Å².